The molecule has 3 aliphatic heterocycles. The molecule has 0 unspecified atom stereocenters. The van der Waals surface area contributed by atoms with Crippen molar-refractivity contribution in [3.05, 3.63) is 54.1 Å². The van der Waals surface area contributed by atoms with Gasteiger partial charge in [-0.05, 0) is 35.9 Å². The third kappa shape index (κ3) is 4.53. The van der Waals surface area contributed by atoms with Gasteiger partial charge in [0.2, 0.25) is 21.8 Å². The number of anilines is 2. The number of hydrogen-bond acceptors (Lipinski definition) is 6. The normalized spacial score (nSPS) is 21.2. The number of benzene rings is 2. The second-order valence-electron chi connectivity index (χ2n) is 9.06. The molecule has 1 atom stereocenters. The molecule has 35 heavy (non-hydrogen) atoms. The predicted octanol–water partition coefficient (Wildman–Crippen LogP) is 1.33. The Kier molecular flexibility index (Phi) is 6.52. The van der Waals surface area contributed by atoms with Crippen molar-refractivity contribution < 1.29 is 22.7 Å². The summed E-state index contributed by atoms with van der Waals surface area (Å²) in [7, 11) is -3.66. The van der Waals surface area contributed by atoms with E-state index in [-0.39, 0.29) is 16.7 Å². The summed E-state index contributed by atoms with van der Waals surface area (Å²) in [4.78, 5) is 31.9. The average Bonchev–Trinajstić information content (AvgIpc) is 3.28. The lowest BCUT2D eigenvalue weighted by Gasteiger charge is -2.38. The number of amides is 2. The molecule has 3 heterocycles. The largest absolute Gasteiger partial charge is 0.379 e. The second kappa shape index (κ2) is 9.60. The quantitative estimate of drug-likeness (QED) is 0.632. The molecule has 186 valence electrons. The Morgan fingerprint density at radius 3 is 2.26 bits per heavy atom. The van der Waals surface area contributed by atoms with Crippen molar-refractivity contribution in [2.24, 2.45) is 0 Å². The molecule has 0 bridgehead atoms. The van der Waals surface area contributed by atoms with Gasteiger partial charge in [-0.2, -0.15) is 4.31 Å². The molecule has 2 saturated heterocycles. The summed E-state index contributed by atoms with van der Waals surface area (Å²) < 4.78 is 32.9. The van der Waals surface area contributed by atoms with Crippen LogP contribution in [0.4, 0.5) is 11.4 Å². The van der Waals surface area contributed by atoms with Gasteiger partial charge in [0.1, 0.15) is 6.04 Å². The van der Waals surface area contributed by atoms with Crippen LogP contribution < -0.4 is 9.80 Å². The Labute approximate surface area is 205 Å². The average molecular weight is 499 g/mol. The Balaban J connectivity index is 1.33. The minimum atomic E-state index is -3.66. The summed E-state index contributed by atoms with van der Waals surface area (Å²) in [5.74, 6) is -0.324. The van der Waals surface area contributed by atoms with Crippen molar-refractivity contribution in [3.63, 3.8) is 0 Å². The first kappa shape index (κ1) is 23.8. The highest BCUT2D eigenvalue weighted by Gasteiger charge is 2.40. The zero-order valence-corrected chi connectivity index (χ0v) is 20.6. The standard InChI is InChI=1S/C25H30N4O5S/c1-19(30)29-23-8-7-22(35(32,33)28-13-15-34-16-14-28)17-20(23)18-24(29)25(31)27-11-9-26(10-12-27)21-5-3-2-4-6-21/h2-8,17,24H,9-16,18H2,1H3/t24-/m0/s1. The number of piperazine rings is 1. The van der Waals surface area contributed by atoms with Crippen molar-refractivity contribution in [1.82, 2.24) is 9.21 Å². The lowest BCUT2D eigenvalue weighted by atomic mass is 10.1. The number of nitrogens with zero attached hydrogens (tertiary/aromatic N) is 4. The van der Waals surface area contributed by atoms with Crippen LogP contribution in [-0.4, -0.2) is 88.0 Å². The smallest absolute Gasteiger partial charge is 0.246 e. The van der Waals surface area contributed by atoms with E-state index in [1.54, 1.807) is 12.1 Å². The summed E-state index contributed by atoms with van der Waals surface area (Å²) in [6, 6.07) is 14.3. The maximum atomic E-state index is 13.5. The highest BCUT2D eigenvalue weighted by molar-refractivity contribution is 7.89. The van der Waals surface area contributed by atoms with E-state index < -0.39 is 16.1 Å². The van der Waals surface area contributed by atoms with Gasteiger partial charge in [-0.3, -0.25) is 14.5 Å². The Morgan fingerprint density at radius 2 is 1.60 bits per heavy atom. The molecule has 0 radical (unpaired) electrons. The molecule has 0 N–H and O–H groups in total. The van der Waals surface area contributed by atoms with Gasteiger partial charge in [0, 0.05) is 64.0 Å². The van der Waals surface area contributed by atoms with Crippen molar-refractivity contribution in [2.75, 3.05) is 62.3 Å². The molecule has 0 aromatic heterocycles. The predicted molar refractivity (Wildman–Crippen MR) is 132 cm³/mol. The molecule has 2 amide bonds. The lowest BCUT2D eigenvalue weighted by molar-refractivity contribution is -0.134. The fourth-order valence-electron chi connectivity index (χ4n) is 5.15. The van der Waals surface area contributed by atoms with Crippen molar-refractivity contribution in [1.29, 1.82) is 0 Å². The molecule has 2 aromatic carbocycles. The third-order valence-corrected chi connectivity index (χ3v) is 8.87. The summed E-state index contributed by atoms with van der Waals surface area (Å²) in [5.41, 5.74) is 2.45. The molecular weight excluding hydrogens is 468 g/mol. The molecule has 10 heteroatoms. The minimum absolute atomic E-state index is 0.0956. The summed E-state index contributed by atoms with van der Waals surface area (Å²) in [6.45, 7) is 5.40. The van der Waals surface area contributed by atoms with E-state index in [1.807, 2.05) is 23.1 Å². The van der Waals surface area contributed by atoms with Crippen LogP contribution in [-0.2, 0) is 30.8 Å². The van der Waals surface area contributed by atoms with E-state index in [9.17, 15) is 18.0 Å². The fraction of sp³-hybridized carbons (Fsp3) is 0.440. The van der Waals surface area contributed by atoms with E-state index in [0.29, 0.717) is 57.1 Å². The number of carbonyl (C=O) groups is 2. The van der Waals surface area contributed by atoms with E-state index in [4.69, 9.17) is 4.74 Å². The van der Waals surface area contributed by atoms with Crippen LogP contribution in [0.5, 0.6) is 0 Å². The van der Waals surface area contributed by atoms with E-state index in [0.717, 1.165) is 18.8 Å². The van der Waals surface area contributed by atoms with E-state index in [1.165, 1.54) is 22.2 Å². The van der Waals surface area contributed by atoms with E-state index >= 15 is 0 Å². The Hall–Kier alpha value is -2.95. The van der Waals surface area contributed by atoms with Crippen LogP contribution in [0.15, 0.2) is 53.4 Å². The molecule has 0 spiro atoms. The van der Waals surface area contributed by atoms with Gasteiger partial charge >= 0.3 is 0 Å². The SMILES string of the molecule is CC(=O)N1c2ccc(S(=O)(=O)N3CCOCC3)cc2C[C@H]1C(=O)N1CCN(c2ccccc2)CC1. The van der Waals surface area contributed by atoms with Gasteiger partial charge in [-0.1, -0.05) is 18.2 Å². The Morgan fingerprint density at radius 1 is 0.914 bits per heavy atom. The molecule has 5 rings (SSSR count). The first-order valence-electron chi connectivity index (χ1n) is 12.0. The molecule has 0 saturated carbocycles. The molecule has 2 aromatic rings. The van der Waals surface area contributed by atoms with Gasteiger partial charge in [-0.25, -0.2) is 8.42 Å². The number of hydrogen-bond donors (Lipinski definition) is 0. The van der Waals surface area contributed by atoms with Crippen LogP contribution in [0.2, 0.25) is 0 Å². The number of sulfonamides is 1. The van der Waals surface area contributed by atoms with Gasteiger partial charge in [0.05, 0.1) is 18.1 Å². The maximum absolute atomic E-state index is 13.5. The van der Waals surface area contributed by atoms with Crippen molar-refractivity contribution in [2.45, 2.75) is 24.3 Å². The monoisotopic (exact) mass is 498 g/mol. The number of fused-ring (bicyclic) bond motifs is 1. The van der Waals surface area contributed by atoms with Gasteiger partial charge in [0.15, 0.2) is 0 Å². The second-order valence-corrected chi connectivity index (χ2v) is 11.0. The number of ether oxygens (including phenoxy) is 1. The third-order valence-electron chi connectivity index (χ3n) is 6.98. The van der Waals surface area contributed by atoms with Gasteiger partial charge < -0.3 is 14.5 Å². The minimum Gasteiger partial charge on any atom is -0.379 e. The number of carbonyl (C=O) groups excluding carboxylic acids is 2. The Bertz CT molecular complexity index is 1210. The summed E-state index contributed by atoms with van der Waals surface area (Å²) >= 11 is 0. The van der Waals surface area contributed by atoms with Crippen LogP contribution >= 0.6 is 0 Å². The van der Waals surface area contributed by atoms with E-state index in [2.05, 4.69) is 17.0 Å². The number of rotatable bonds is 4. The number of para-hydroxylation sites is 1. The zero-order chi connectivity index (χ0) is 24.6. The van der Waals surface area contributed by atoms with Crippen LogP contribution in [0.1, 0.15) is 12.5 Å². The molecule has 2 fully saturated rings. The summed E-state index contributed by atoms with van der Waals surface area (Å²) in [6.07, 6.45) is 0.305. The molecule has 0 aliphatic carbocycles. The fourth-order valence-corrected chi connectivity index (χ4v) is 6.60. The number of morpholine rings is 1. The van der Waals surface area contributed by atoms with Gasteiger partial charge in [-0.15, -0.1) is 0 Å². The van der Waals surface area contributed by atoms with Crippen LogP contribution in [0, 0.1) is 0 Å². The van der Waals surface area contributed by atoms with Gasteiger partial charge in [0.25, 0.3) is 0 Å². The first-order valence-corrected chi connectivity index (χ1v) is 13.4. The lowest BCUT2D eigenvalue weighted by Crippen LogP contribution is -2.55. The topological polar surface area (TPSA) is 90.5 Å². The maximum Gasteiger partial charge on any atom is 0.246 e. The van der Waals surface area contributed by atoms with Crippen LogP contribution in [0.25, 0.3) is 0 Å². The molecular formula is C25H30N4O5S. The van der Waals surface area contributed by atoms with Crippen LogP contribution in [0.3, 0.4) is 0 Å². The molecule has 3 aliphatic rings. The van der Waals surface area contributed by atoms with Crippen molar-refractivity contribution in [3.8, 4) is 0 Å². The van der Waals surface area contributed by atoms with Crippen molar-refractivity contribution >= 4 is 33.2 Å². The molecule has 9 nitrogen and oxygen atoms in total. The highest BCUT2D eigenvalue weighted by Crippen LogP contribution is 2.36. The first-order chi connectivity index (χ1) is 16.9. The summed E-state index contributed by atoms with van der Waals surface area (Å²) in [5, 5.41) is 0. The zero-order valence-electron chi connectivity index (χ0n) is 19.8. The highest BCUT2D eigenvalue weighted by atomic mass is 32.2.